The molecule has 24 heteroatoms. The van der Waals surface area contributed by atoms with E-state index in [4.69, 9.17) is 62.8 Å². The average Bonchev–Trinajstić information content (AvgIpc) is 3.44. The first-order valence-electron chi connectivity index (χ1n) is 17.9. The minimum atomic E-state index is -4.01. The van der Waals surface area contributed by atoms with Crippen molar-refractivity contribution in [2.45, 2.75) is 141 Å². The number of rotatable bonds is 17. The molecule has 0 spiro atoms. The Morgan fingerprint density at radius 3 is 2.06 bits per heavy atom. The Balaban J connectivity index is 1.56. The van der Waals surface area contributed by atoms with Gasteiger partial charge in [-0.2, -0.15) is 0 Å². The SMILES string of the molecule is NCCCNC[C@H]1O[C@H](O[C@H]2[C@H](O[C@@H]3O[C@H](CO)[C@@H](O[C@H]4O[C@@H](CN)[C@@H](O)[C@H](O)[C@H]4N)[C@H]3O)[C@@H](O)[C@H](NC(=O)[C@@H](O)C(F)(F)CN)C[C@@H]2N)[C@H](N)C[C@@H]1O. The normalized spacial score (nSPS) is 43.9. The maximum atomic E-state index is 14.1. The zero-order valence-corrected chi connectivity index (χ0v) is 29.5. The summed E-state index contributed by atoms with van der Waals surface area (Å²) in [5.41, 5.74) is 35.0. The summed E-state index contributed by atoms with van der Waals surface area (Å²) >= 11 is 0. The summed E-state index contributed by atoms with van der Waals surface area (Å²) in [6.07, 6.45) is -22.3. The summed E-state index contributed by atoms with van der Waals surface area (Å²) in [6, 6.07) is -4.88. The molecule has 21 N–H and O–H groups in total. The molecule has 1 amide bonds. The highest BCUT2D eigenvalue weighted by Gasteiger charge is 2.55. The Morgan fingerprint density at radius 1 is 0.796 bits per heavy atom. The Bertz CT molecular complexity index is 1180. The molecule has 1 aliphatic carbocycles. The lowest BCUT2D eigenvalue weighted by atomic mass is 9.83. The molecule has 19 atom stereocenters. The van der Waals surface area contributed by atoms with Gasteiger partial charge in [-0.25, -0.2) is 8.78 Å². The molecule has 4 fully saturated rings. The van der Waals surface area contributed by atoms with E-state index in [0.29, 0.717) is 19.5 Å². The molecule has 0 unspecified atom stereocenters. The number of ether oxygens (including phenoxy) is 6. The lowest BCUT2D eigenvalue weighted by molar-refractivity contribution is -0.296. The van der Waals surface area contributed by atoms with Crippen molar-refractivity contribution in [1.82, 2.24) is 10.6 Å². The summed E-state index contributed by atoms with van der Waals surface area (Å²) in [7, 11) is 0. The molecule has 3 heterocycles. The molecule has 0 radical (unpaired) electrons. The van der Waals surface area contributed by atoms with E-state index < -0.39 is 141 Å². The third-order valence-electron chi connectivity index (χ3n) is 10.1. The largest absolute Gasteiger partial charge is 0.394 e. The van der Waals surface area contributed by atoms with Crippen molar-refractivity contribution in [1.29, 1.82) is 0 Å². The Kier molecular flexibility index (Phi) is 16.6. The number of aliphatic hydroxyl groups excluding tert-OH is 7. The van der Waals surface area contributed by atoms with Crippen LogP contribution in [0.15, 0.2) is 0 Å². The summed E-state index contributed by atoms with van der Waals surface area (Å²) in [4.78, 5) is 12.7. The van der Waals surface area contributed by atoms with Gasteiger partial charge < -0.3 is 109 Å². The van der Waals surface area contributed by atoms with Crippen LogP contribution in [-0.4, -0.2) is 203 Å². The highest BCUT2D eigenvalue weighted by molar-refractivity contribution is 5.82. The number of carbonyl (C=O) groups excluding carboxylic acids is 1. The van der Waals surface area contributed by atoms with Gasteiger partial charge in [0.1, 0.15) is 54.9 Å². The summed E-state index contributed by atoms with van der Waals surface area (Å²) < 4.78 is 63.5. The topological polar surface area (TPSA) is 394 Å². The second-order valence-corrected chi connectivity index (χ2v) is 14.1. The third kappa shape index (κ3) is 10.3. The van der Waals surface area contributed by atoms with E-state index in [1.54, 1.807) is 0 Å². The Labute approximate surface area is 309 Å². The van der Waals surface area contributed by atoms with E-state index in [1.807, 2.05) is 0 Å². The van der Waals surface area contributed by atoms with Gasteiger partial charge in [-0.3, -0.25) is 4.79 Å². The molecular weight excluding hydrogens is 734 g/mol. The predicted octanol–water partition coefficient (Wildman–Crippen LogP) is -8.77. The smallest absolute Gasteiger partial charge is 0.294 e. The number of halogens is 2. The van der Waals surface area contributed by atoms with E-state index in [-0.39, 0.29) is 25.9 Å². The van der Waals surface area contributed by atoms with Gasteiger partial charge in [0.15, 0.2) is 25.0 Å². The third-order valence-corrected chi connectivity index (χ3v) is 10.1. The molecule has 22 nitrogen and oxygen atoms in total. The number of carbonyl (C=O) groups is 1. The first kappa shape index (κ1) is 45.2. The van der Waals surface area contributed by atoms with Crippen LogP contribution < -0.4 is 45.0 Å². The van der Waals surface area contributed by atoms with Gasteiger partial charge in [0.2, 0.25) is 0 Å². The first-order chi connectivity index (χ1) is 25.5. The van der Waals surface area contributed by atoms with Gasteiger partial charge in [-0.1, -0.05) is 0 Å². The minimum Gasteiger partial charge on any atom is -0.394 e. The van der Waals surface area contributed by atoms with Crippen molar-refractivity contribution in [2.75, 3.05) is 39.3 Å². The van der Waals surface area contributed by atoms with E-state index in [1.165, 1.54) is 0 Å². The molecule has 3 aliphatic heterocycles. The Morgan fingerprint density at radius 2 is 1.43 bits per heavy atom. The van der Waals surface area contributed by atoms with Crippen LogP contribution in [0.5, 0.6) is 0 Å². The fraction of sp³-hybridized carbons (Fsp3) is 0.967. The fourth-order valence-corrected chi connectivity index (χ4v) is 6.84. The van der Waals surface area contributed by atoms with Crippen molar-refractivity contribution in [3.63, 3.8) is 0 Å². The van der Waals surface area contributed by atoms with Gasteiger partial charge >= 0.3 is 0 Å². The zero-order chi connectivity index (χ0) is 40.1. The molecule has 4 aliphatic rings. The van der Waals surface area contributed by atoms with Crippen LogP contribution >= 0.6 is 0 Å². The van der Waals surface area contributed by atoms with Crippen LogP contribution in [0.25, 0.3) is 0 Å². The van der Waals surface area contributed by atoms with Crippen molar-refractivity contribution in [3.8, 4) is 0 Å². The number of nitrogens with two attached hydrogens (primary N) is 6. The van der Waals surface area contributed by atoms with Crippen molar-refractivity contribution in [2.24, 2.45) is 34.4 Å². The maximum absolute atomic E-state index is 14.1. The van der Waals surface area contributed by atoms with E-state index in [0.717, 1.165) is 0 Å². The maximum Gasteiger partial charge on any atom is 0.294 e. The molecule has 0 aromatic heterocycles. The van der Waals surface area contributed by atoms with Crippen LogP contribution in [0, 0.1) is 0 Å². The highest BCUT2D eigenvalue weighted by Crippen LogP contribution is 2.35. The quantitative estimate of drug-likeness (QED) is 0.0608. The van der Waals surface area contributed by atoms with Crippen LogP contribution in [0.4, 0.5) is 8.78 Å². The van der Waals surface area contributed by atoms with E-state index in [2.05, 4.69) is 10.6 Å². The van der Waals surface area contributed by atoms with Gasteiger partial charge in [0, 0.05) is 19.1 Å². The second-order valence-electron chi connectivity index (χ2n) is 14.1. The first-order valence-corrected chi connectivity index (χ1v) is 17.9. The van der Waals surface area contributed by atoms with Crippen molar-refractivity contribution >= 4 is 5.91 Å². The molecule has 0 aromatic rings. The number of amides is 1. The number of alkyl halides is 2. The lowest BCUT2D eigenvalue weighted by Gasteiger charge is -2.47. The van der Waals surface area contributed by atoms with Gasteiger partial charge in [-0.15, -0.1) is 0 Å². The second kappa shape index (κ2) is 19.8. The average molecular weight is 793 g/mol. The number of aliphatic hydroxyl groups is 7. The molecule has 3 saturated heterocycles. The molecule has 4 rings (SSSR count). The van der Waals surface area contributed by atoms with Gasteiger partial charge in [0.05, 0.1) is 43.5 Å². The van der Waals surface area contributed by atoms with Crippen LogP contribution in [0.3, 0.4) is 0 Å². The predicted molar refractivity (Wildman–Crippen MR) is 178 cm³/mol. The molecule has 1 saturated carbocycles. The van der Waals surface area contributed by atoms with E-state index >= 15 is 0 Å². The van der Waals surface area contributed by atoms with Crippen LogP contribution in [-0.2, 0) is 33.2 Å². The summed E-state index contributed by atoms with van der Waals surface area (Å²) in [5, 5.41) is 79.6. The molecule has 316 valence electrons. The standard InChI is InChI=1S/C30H58F2N8O14/c31-30(32,9-35)25(47)26(48)40-12-4-10(36)22(52-27-11(37)5-13(42)15(50-27)7-39-3-1-2-33)24(18(12)43)54-29-21(46)23(16(8-41)51-29)53-28-17(38)20(45)19(44)14(6-34)49-28/h10-25,27-29,39,41-47H,1-9,33-38H2,(H,40,48)/t10-,11+,12+,13-,14-,15+,16+,17+,18-,19+,20+,21+,22+,23+,24+,25+,27+,28+,29-/m0/s1. The zero-order valence-electron chi connectivity index (χ0n) is 29.5. The number of nitrogens with one attached hydrogen (secondary N) is 2. The molecule has 0 bridgehead atoms. The number of hydrogen-bond donors (Lipinski definition) is 15. The lowest BCUT2D eigenvalue weighted by Crippen LogP contribution is -2.68. The van der Waals surface area contributed by atoms with Gasteiger partial charge in [-0.05, 0) is 32.4 Å². The highest BCUT2D eigenvalue weighted by atomic mass is 19.3. The summed E-state index contributed by atoms with van der Waals surface area (Å²) in [5.74, 6) is -5.59. The minimum absolute atomic E-state index is 0.0274. The summed E-state index contributed by atoms with van der Waals surface area (Å²) in [6.45, 7) is -1.19. The molecular formula is C30H58F2N8O14. The van der Waals surface area contributed by atoms with Gasteiger partial charge in [0.25, 0.3) is 11.8 Å². The molecule has 54 heavy (non-hydrogen) atoms. The number of hydrogen-bond acceptors (Lipinski definition) is 21. The van der Waals surface area contributed by atoms with E-state index in [9.17, 15) is 49.3 Å². The monoisotopic (exact) mass is 792 g/mol. The van der Waals surface area contributed by atoms with Crippen LogP contribution in [0.2, 0.25) is 0 Å². The van der Waals surface area contributed by atoms with Crippen molar-refractivity contribution in [3.05, 3.63) is 0 Å². The fourth-order valence-electron chi connectivity index (χ4n) is 6.84. The van der Waals surface area contributed by atoms with Crippen LogP contribution in [0.1, 0.15) is 19.3 Å². The van der Waals surface area contributed by atoms with Crippen molar-refractivity contribution < 1.29 is 77.7 Å². The Hall–Kier alpha value is -1.47. The molecule has 0 aromatic carbocycles.